The van der Waals surface area contributed by atoms with Gasteiger partial charge in [0.2, 0.25) is 0 Å². The summed E-state index contributed by atoms with van der Waals surface area (Å²) in [5, 5.41) is 3.26. The summed E-state index contributed by atoms with van der Waals surface area (Å²) in [6.45, 7) is -0.613. The second-order valence-corrected chi connectivity index (χ2v) is 7.02. The Morgan fingerprint density at radius 2 is 1.90 bits per heavy atom. The zero-order chi connectivity index (χ0) is 21.7. The fraction of sp³-hybridized carbons (Fsp3) is 0.238. The third kappa shape index (κ3) is 5.54. The summed E-state index contributed by atoms with van der Waals surface area (Å²) in [6, 6.07) is 10.4. The normalized spacial score (nSPS) is 11.5. The molecule has 0 aliphatic carbocycles. The standard InChI is InChI=1S/C21H18ClF3N2O3/c22-16-9-8-14(21(23,24)25)10-18(16)27-19(28)12-30-20(29)7-3-4-13-11-26-17-6-2-1-5-15(13)17/h1-2,5-6,8-11,26H,3-4,7,12H2,(H,27,28). The number of alkyl halides is 3. The number of aromatic amines is 1. The number of hydrogen-bond acceptors (Lipinski definition) is 3. The number of ether oxygens (including phenoxy) is 1. The van der Waals surface area contributed by atoms with Crippen molar-refractivity contribution in [2.45, 2.75) is 25.4 Å². The van der Waals surface area contributed by atoms with E-state index in [9.17, 15) is 22.8 Å². The van der Waals surface area contributed by atoms with E-state index in [-0.39, 0.29) is 17.1 Å². The van der Waals surface area contributed by atoms with E-state index in [1.165, 1.54) is 0 Å². The van der Waals surface area contributed by atoms with Crippen LogP contribution in [0.4, 0.5) is 18.9 Å². The average molecular weight is 439 g/mol. The molecule has 3 aromatic rings. The Morgan fingerprint density at radius 3 is 2.67 bits per heavy atom. The Bertz CT molecular complexity index is 1060. The topological polar surface area (TPSA) is 71.2 Å². The number of aryl methyl sites for hydroxylation is 1. The number of anilines is 1. The van der Waals surface area contributed by atoms with Crippen LogP contribution in [-0.2, 0) is 26.9 Å². The van der Waals surface area contributed by atoms with Gasteiger partial charge in [0.25, 0.3) is 5.91 Å². The molecule has 0 aliphatic rings. The number of carbonyl (C=O) groups is 2. The van der Waals surface area contributed by atoms with Crippen LogP contribution in [0.1, 0.15) is 24.0 Å². The number of carbonyl (C=O) groups excluding carboxylic acids is 2. The molecule has 1 aromatic heterocycles. The van der Waals surface area contributed by atoms with Gasteiger partial charge in [0, 0.05) is 23.5 Å². The van der Waals surface area contributed by atoms with Gasteiger partial charge in [-0.05, 0) is 42.7 Å². The lowest BCUT2D eigenvalue weighted by Crippen LogP contribution is -2.21. The highest BCUT2D eigenvalue weighted by Gasteiger charge is 2.31. The lowest BCUT2D eigenvalue weighted by atomic mass is 10.1. The van der Waals surface area contributed by atoms with E-state index in [0.717, 1.165) is 34.7 Å². The van der Waals surface area contributed by atoms with Gasteiger partial charge in [0.1, 0.15) is 0 Å². The fourth-order valence-corrected chi connectivity index (χ4v) is 3.13. The third-order valence-corrected chi connectivity index (χ3v) is 4.76. The minimum Gasteiger partial charge on any atom is -0.456 e. The van der Waals surface area contributed by atoms with Crippen molar-refractivity contribution in [2.24, 2.45) is 0 Å². The van der Waals surface area contributed by atoms with E-state index in [1.807, 2.05) is 30.5 Å². The van der Waals surface area contributed by atoms with Crippen LogP contribution < -0.4 is 5.32 Å². The molecular formula is C21H18ClF3N2O3. The third-order valence-electron chi connectivity index (χ3n) is 4.43. The first-order valence-corrected chi connectivity index (χ1v) is 9.49. The van der Waals surface area contributed by atoms with Gasteiger partial charge in [0.05, 0.1) is 16.3 Å². The first-order chi connectivity index (χ1) is 14.2. The Hall–Kier alpha value is -3.00. The summed E-state index contributed by atoms with van der Waals surface area (Å²) in [7, 11) is 0. The van der Waals surface area contributed by atoms with Gasteiger partial charge in [-0.25, -0.2) is 0 Å². The van der Waals surface area contributed by atoms with E-state index in [4.69, 9.17) is 16.3 Å². The maximum absolute atomic E-state index is 12.8. The van der Waals surface area contributed by atoms with Gasteiger partial charge in [-0.3, -0.25) is 9.59 Å². The molecule has 0 bridgehead atoms. The molecule has 0 spiro atoms. The van der Waals surface area contributed by atoms with Crippen molar-refractivity contribution in [3.8, 4) is 0 Å². The number of para-hydroxylation sites is 1. The Labute approximate surface area is 175 Å². The summed E-state index contributed by atoms with van der Waals surface area (Å²) >= 11 is 5.82. The highest BCUT2D eigenvalue weighted by atomic mass is 35.5. The maximum Gasteiger partial charge on any atom is 0.416 e. The largest absolute Gasteiger partial charge is 0.456 e. The zero-order valence-electron chi connectivity index (χ0n) is 15.7. The molecule has 0 unspecified atom stereocenters. The van der Waals surface area contributed by atoms with Gasteiger partial charge in [-0.2, -0.15) is 13.2 Å². The number of rotatable bonds is 7. The molecule has 3 rings (SSSR count). The summed E-state index contributed by atoms with van der Waals surface area (Å²) in [6.07, 6.45) is -1.38. The van der Waals surface area contributed by atoms with Crippen LogP contribution in [0.3, 0.4) is 0 Å². The quantitative estimate of drug-likeness (QED) is 0.489. The Kier molecular flexibility index (Phi) is 6.66. The van der Waals surface area contributed by atoms with Crippen LogP contribution >= 0.6 is 11.6 Å². The summed E-state index contributed by atoms with van der Waals surface area (Å²) in [5.74, 6) is -1.35. The first-order valence-electron chi connectivity index (χ1n) is 9.11. The second-order valence-electron chi connectivity index (χ2n) is 6.61. The van der Waals surface area contributed by atoms with Gasteiger partial charge < -0.3 is 15.0 Å². The monoisotopic (exact) mass is 438 g/mol. The van der Waals surface area contributed by atoms with Gasteiger partial charge >= 0.3 is 12.1 Å². The van der Waals surface area contributed by atoms with E-state index in [0.29, 0.717) is 12.8 Å². The van der Waals surface area contributed by atoms with Gasteiger partial charge in [-0.15, -0.1) is 0 Å². The molecule has 0 radical (unpaired) electrons. The molecule has 9 heteroatoms. The lowest BCUT2D eigenvalue weighted by Gasteiger charge is -2.12. The first kappa shape index (κ1) is 21.7. The zero-order valence-corrected chi connectivity index (χ0v) is 16.4. The van der Waals surface area contributed by atoms with Crippen molar-refractivity contribution in [3.63, 3.8) is 0 Å². The van der Waals surface area contributed by atoms with Crippen molar-refractivity contribution in [1.29, 1.82) is 0 Å². The molecule has 0 saturated carbocycles. The number of benzene rings is 2. The number of hydrogen-bond donors (Lipinski definition) is 2. The highest BCUT2D eigenvalue weighted by Crippen LogP contribution is 2.33. The fourth-order valence-electron chi connectivity index (χ4n) is 2.96. The number of esters is 1. The number of amides is 1. The molecule has 30 heavy (non-hydrogen) atoms. The SMILES string of the molecule is O=C(COC(=O)CCCc1c[nH]c2ccccc12)Nc1cc(C(F)(F)F)ccc1Cl. The molecule has 5 nitrogen and oxygen atoms in total. The number of fused-ring (bicyclic) bond motifs is 1. The van der Waals surface area contributed by atoms with E-state index in [2.05, 4.69) is 10.3 Å². The maximum atomic E-state index is 12.8. The molecule has 158 valence electrons. The molecule has 0 atom stereocenters. The second kappa shape index (κ2) is 9.21. The number of H-pyrrole nitrogens is 1. The predicted octanol–water partition coefficient (Wildman–Crippen LogP) is 5.34. The van der Waals surface area contributed by atoms with E-state index >= 15 is 0 Å². The smallest absolute Gasteiger partial charge is 0.416 e. The van der Waals surface area contributed by atoms with Gasteiger partial charge in [0.15, 0.2) is 6.61 Å². The van der Waals surface area contributed by atoms with Crippen LogP contribution in [0.25, 0.3) is 10.9 Å². The van der Waals surface area contributed by atoms with Crippen LogP contribution in [0, 0.1) is 0 Å². The molecule has 0 aliphatic heterocycles. The minimum atomic E-state index is -4.57. The molecule has 2 aromatic carbocycles. The highest BCUT2D eigenvalue weighted by molar-refractivity contribution is 6.33. The van der Waals surface area contributed by atoms with Crippen molar-refractivity contribution < 1.29 is 27.5 Å². The number of aromatic nitrogens is 1. The van der Waals surface area contributed by atoms with E-state index < -0.39 is 30.2 Å². The molecule has 1 heterocycles. The average Bonchev–Trinajstić information content (AvgIpc) is 3.10. The molecule has 2 N–H and O–H groups in total. The molecule has 0 fully saturated rings. The van der Waals surface area contributed by atoms with Crippen molar-refractivity contribution in [1.82, 2.24) is 4.98 Å². The van der Waals surface area contributed by atoms with Crippen molar-refractivity contribution in [2.75, 3.05) is 11.9 Å². The summed E-state index contributed by atoms with van der Waals surface area (Å²) in [4.78, 5) is 26.9. The minimum absolute atomic E-state index is 0.0543. The predicted molar refractivity (Wildman–Crippen MR) is 107 cm³/mol. The van der Waals surface area contributed by atoms with E-state index in [1.54, 1.807) is 0 Å². The van der Waals surface area contributed by atoms with Crippen molar-refractivity contribution in [3.05, 3.63) is 64.8 Å². The number of halogens is 4. The van der Waals surface area contributed by atoms with Crippen LogP contribution in [0.2, 0.25) is 5.02 Å². The van der Waals surface area contributed by atoms with Crippen LogP contribution in [-0.4, -0.2) is 23.5 Å². The van der Waals surface area contributed by atoms with Crippen LogP contribution in [0.5, 0.6) is 0 Å². The molecule has 0 saturated heterocycles. The Morgan fingerprint density at radius 1 is 1.13 bits per heavy atom. The van der Waals surface area contributed by atoms with Crippen LogP contribution in [0.15, 0.2) is 48.7 Å². The Balaban J connectivity index is 1.45. The van der Waals surface area contributed by atoms with Crippen molar-refractivity contribution >= 4 is 40.1 Å². The summed E-state index contributed by atoms with van der Waals surface area (Å²) in [5.41, 5.74) is 0.943. The summed E-state index contributed by atoms with van der Waals surface area (Å²) < 4.78 is 43.2. The van der Waals surface area contributed by atoms with Gasteiger partial charge in [-0.1, -0.05) is 29.8 Å². The lowest BCUT2D eigenvalue weighted by molar-refractivity contribution is -0.147. The molecular weight excluding hydrogens is 421 g/mol. The number of nitrogens with one attached hydrogen (secondary N) is 2. The molecule has 1 amide bonds.